The molecule has 0 saturated heterocycles. The number of rotatable bonds is 0. The van der Waals surface area contributed by atoms with Gasteiger partial charge in [-0.25, -0.2) is 13.2 Å². The van der Waals surface area contributed by atoms with E-state index in [1.54, 1.807) is 12.1 Å². The highest BCUT2D eigenvalue weighted by atomic mass is 19.1. The Morgan fingerprint density at radius 1 is 0.163 bits per heavy atom. The number of fused-ring (bicyclic) bond motifs is 9. The number of benzene rings is 18. The molecule has 0 aliphatic rings. The van der Waals surface area contributed by atoms with Crippen LogP contribution in [0.25, 0.3) is 97.0 Å². The molecule has 0 aliphatic heterocycles. The lowest BCUT2D eigenvalue weighted by Crippen LogP contribution is -2.13. The van der Waals surface area contributed by atoms with Crippen molar-refractivity contribution in [3.8, 4) is 0 Å². The van der Waals surface area contributed by atoms with Crippen molar-refractivity contribution in [3.63, 3.8) is 0 Å². The third-order valence-electron chi connectivity index (χ3n) is 25.7. The monoisotopic (exact) mass is 1800 g/mol. The molecule has 0 aliphatic carbocycles. The first-order valence-corrected chi connectivity index (χ1v) is 48.4. The molecule has 0 saturated carbocycles. The summed E-state index contributed by atoms with van der Waals surface area (Å²) in [5.74, 6) is -0.396. The summed E-state index contributed by atoms with van der Waals surface area (Å²) in [6.45, 7) is 72.7. The van der Waals surface area contributed by atoms with Crippen molar-refractivity contribution in [1.82, 2.24) is 0 Å². The smallest absolute Gasteiger partial charge is 0.134 e. The summed E-state index contributed by atoms with van der Waals surface area (Å²) in [5.41, 5.74) is 21.3. The fourth-order valence-corrected chi connectivity index (χ4v) is 17.2. The second-order valence-electron chi connectivity index (χ2n) is 46.4. The van der Waals surface area contributed by atoms with E-state index >= 15 is 0 Å². The van der Waals surface area contributed by atoms with Gasteiger partial charge in [-0.2, -0.15) is 0 Å². The molecule has 0 spiro atoms. The van der Waals surface area contributed by atoms with Crippen LogP contribution < -0.4 is 0 Å². The van der Waals surface area contributed by atoms with Gasteiger partial charge in [-0.1, -0.05) is 496 Å². The lowest BCUT2D eigenvalue weighted by molar-refractivity contribution is 0.529. The van der Waals surface area contributed by atoms with E-state index in [1.807, 2.05) is 81.4 Å². The van der Waals surface area contributed by atoms with Crippen LogP contribution in [0, 0.1) is 59.0 Å². The molecule has 0 N–H and O–H groups in total. The molecule has 0 unspecified atom stereocenters. The minimum atomic E-state index is -0.173. The Hall–Kier alpha value is -11.9. The second kappa shape index (κ2) is 43.0. The molecular weight excluding hydrogens is 1640 g/mol. The van der Waals surface area contributed by atoms with Crippen molar-refractivity contribution in [2.45, 2.75) is 277 Å². The van der Waals surface area contributed by atoms with Gasteiger partial charge in [0.2, 0.25) is 0 Å². The van der Waals surface area contributed by atoms with Crippen LogP contribution in [0.5, 0.6) is 0 Å². The van der Waals surface area contributed by atoms with Crippen molar-refractivity contribution in [3.05, 3.63) is 428 Å². The Balaban J connectivity index is 0.000000157. The minimum Gasteiger partial charge on any atom is -0.207 e. The highest BCUT2D eigenvalue weighted by Crippen LogP contribution is 2.38. The number of hydrogen-bond donors (Lipinski definition) is 0. The van der Waals surface area contributed by atoms with Gasteiger partial charge in [0.05, 0.1) is 0 Å². The van der Waals surface area contributed by atoms with E-state index < -0.39 is 0 Å². The maximum atomic E-state index is 14.2. The van der Waals surface area contributed by atoms with Gasteiger partial charge in [-0.3, -0.25) is 0 Å². The normalized spacial score (nSPS) is 12.0. The maximum Gasteiger partial charge on any atom is 0.134 e. The molecule has 18 rings (SSSR count). The summed E-state index contributed by atoms with van der Waals surface area (Å²) in [6, 6.07) is 113. The molecule has 0 atom stereocenters. The summed E-state index contributed by atoms with van der Waals surface area (Å²) in [7, 11) is 0. The molecule has 0 bridgehead atoms. The van der Waals surface area contributed by atoms with E-state index in [0.29, 0.717) is 10.8 Å². The molecule has 0 aromatic heterocycles. The first-order valence-electron chi connectivity index (χ1n) is 48.4. The number of aryl methyl sites for hydroxylation is 6. The molecule has 0 fully saturated rings. The van der Waals surface area contributed by atoms with Crippen LogP contribution in [0.15, 0.2) is 328 Å². The van der Waals surface area contributed by atoms with Gasteiger partial charge < -0.3 is 0 Å². The van der Waals surface area contributed by atoms with Crippen molar-refractivity contribution < 1.29 is 13.2 Å². The zero-order valence-corrected chi connectivity index (χ0v) is 87.8. The van der Waals surface area contributed by atoms with Crippen molar-refractivity contribution >= 4 is 97.0 Å². The van der Waals surface area contributed by atoms with Crippen LogP contribution in [0.4, 0.5) is 13.2 Å². The molecule has 702 valence electrons. The molecule has 0 nitrogen and oxygen atoms in total. The quantitative estimate of drug-likeness (QED) is 0.142. The third kappa shape index (κ3) is 28.4. The highest BCUT2D eigenvalue weighted by Gasteiger charge is 2.24. The fraction of sp³-hybridized carbons (Fsp3) is 0.318. The Kier molecular flexibility index (Phi) is 33.5. The summed E-state index contributed by atoms with van der Waals surface area (Å²) in [5, 5.41) is 21.6. The van der Waals surface area contributed by atoms with Gasteiger partial charge in [0.25, 0.3) is 0 Å². The first-order chi connectivity index (χ1) is 62.8. The van der Waals surface area contributed by atoms with Gasteiger partial charge in [0.15, 0.2) is 0 Å². The van der Waals surface area contributed by atoms with Crippen LogP contribution in [-0.2, 0) is 48.7 Å². The number of halogens is 3. The molecular formula is C132H153F3. The second-order valence-corrected chi connectivity index (χ2v) is 46.4. The van der Waals surface area contributed by atoms with Gasteiger partial charge >= 0.3 is 0 Å². The topological polar surface area (TPSA) is 0 Å². The lowest BCUT2D eigenvalue weighted by Gasteiger charge is -2.22. The van der Waals surface area contributed by atoms with Crippen molar-refractivity contribution in [1.29, 1.82) is 0 Å². The Morgan fingerprint density at radius 2 is 0.489 bits per heavy atom. The van der Waals surface area contributed by atoms with Crippen LogP contribution >= 0.6 is 0 Å². The molecule has 135 heavy (non-hydrogen) atoms. The summed E-state index contributed by atoms with van der Waals surface area (Å²) in [6.07, 6.45) is 0. The Labute approximate surface area is 810 Å². The minimum absolute atomic E-state index is 0.0659. The van der Waals surface area contributed by atoms with Gasteiger partial charge in [-0.05, 0) is 279 Å². The lowest BCUT2D eigenvalue weighted by atomic mass is 9.82. The average Bonchev–Trinajstić information content (AvgIpc) is 0.789. The van der Waals surface area contributed by atoms with Crippen LogP contribution in [-0.4, -0.2) is 0 Å². The van der Waals surface area contributed by atoms with Gasteiger partial charge in [0, 0.05) is 10.8 Å². The molecule has 0 heterocycles. The van der Waals surface area contributed by atoms with Crippen LogP contribution in [0.2, 0.25) is 0 Å². The largest absolute Gasteiger partial charge is 0.207 e. The third-order valence-corrected chi connectivity index (χ3v) is 25.7. The van der Waals surface area contributed by atoms with Crippen molar-refractivity contribution in [2.24, 2.45) is 0 Å². The average molecular weight is 1800 g/mol. The first kappa shape index (κ1) is 105. The predicted molar refractivity (Wildman–Crippen MR) is 592 cm³/mol. The van der Waals surface area contributed by atoms with E-state index in [0.717, 1.165) is 27.1 Å². The molecule has 0 amide bonds. The summed E-state index contributed by atoms with van der Waals surface area (Å²) >= 11 is 0. The van der Waals surface area contributed by atoms with E-state index in [1.165, 1.54) is 155 Å². The van der Waals surface area contributed by atoms with E-state index in [9.17, 15) is 13.2 Å². The molecule has 18 aromatic rings. The zero-order chi connectivity index (χ0) is 99.5. The van der Waals surface area contributed by atoms with Gasteiger partial charge in [-0.15, -0.1) is 0 Å². The Morgan fingerprint density at radius 3 is 1.01 bits per heavy atom. The summed E-state index contributed by atoms with van der Waals surface area (Å²) in [4.78, 5) is 0. The Bertz CT molecular complexity index is 6830. The molecule has 3 heteroatoms. The molecule has 18 aromatic carbocycles. The molecule has 0 radical (unpaired) electrons. The summed E-state index contributed by atoms with van der Waals surface area (Å²) < 4.78 is 40.8. The standard InChI is InChI=1S/6C15H18.3C14H15F/c1-11-5-6-13-10-14(15(2,3)4)8-7-12(13)9-11;1-11-6-5-7-12-10-13(15(2,3)4)8-9-14(11)12;1-11-6-5-7-12-8-9-13(10-14(11)12)15(2,3)4;1-11-9-13(15(2,3)4)10-12-7-5-6-8-14(11)12;1-11-9-12-7-5-6-8-13(12)10-14(11)15(2,3)4;1-11-13-8-6-5-7-12(13)9-10-14(11)15(2,3)4;1-14(2,3)12-6-4-10-5-7-13(15)9-11(10)8-12;1-14(2,3)11-8-7-10-5-4-6-13(15)12(10)9-11;1-14(2,3)12-9-8-10-6-4-5-7-11(10)13(12)15/h6*5-10H,1-4H3;3*4-9H,1-3H3. The van der Waals surface area contributed by atoms with E-state index in [-0.39, 0.29) is 66.2 Å². The van der Waals surface area contributed by atoms with Crippen molar-refractivity contribution in [2.75, 3.05) is 0 Å². The predicted octanol–water partition coefficient (Wildman–Crippen LogP) is 39.5. The number of hydrogen-bond acceptors (Lipinski definition) is 0. The van der Waals surface area contributed by atoms with Gasteiger partial charge in [0.1, 0.15) is 17.5 Å². The SMILES string of the molecule is CC(C)(C)c1ccc2ccc(F)cc2c1.CC(C)(C)c1ccc2cccc(F)c2c1.CC(C)(C)c1ccc2ccccc2c1F.Cc1c(C(C)(C)C)ccc2ccccc12.Cc1cc(C(C)(C)C)cc2ccccc12.Cc1cc2ccccc2cc1C(C)(C)C.Cc1ccc2cc(C(C)(C)C)ccc2c1.Cc1cccc2cc(C(C)(C)C)ccc12.Cc1cccc2ccc(C(C)(C)C)cc12. The van der Waals surface area contributed by atoms with Crippen LogP contribution in [0.3, 0.4) is 0 Å². The highest BCUT2D eigenvalue weighted by molar-refractivity contribution is 5.92. The van der Waals surface area contributed by atoms with E-state index in [2.05, 4.69) is 450 Å². The maximum absolute atomic E-state index is 14.2. The zero-order valence-electron chi connectivity index (χ0n) is 87.8. The van der Waals surface area contributed by atoms with E-state index in [4.69, 9.17) is 0 Å². The van der Waals surface area contributed by atoms with Crippen LogP contribution in [0.1, 0.15) is 270 Å². The fourth-order valence-electron chi connectivity index (χ4n) is 17.2.